The Morgan fingerprint density at radius 2 is 1.43 bits per heavy atom. The molecule has 0 radical (unpaired) electrons. The minimum atomic E-state index is -3.85. The van der Waals surface area contributed by atoms with Crippen LogP contribution in [-0.2, 0) is 21.2 Å². The van der Waals surface area contributed by atoms with E-state index in [1.54, 1.807) is 36.4 Å². The zero-order chi connectivity index (χ0) is 20.0. The average Bonchev–Trinajstić information content (AvgIpc) is 2.69. The summed E-state index contributed by atoms with van der Waals surface area (Å²) < 4.78 is 29.1. The SMILES string of the molecule is O=C(Nc1ccccc1)[C@@H](Cc1ccccc1)NS(=O)(=O)c1ccc(I)cc1. The molecule has 0 saturated carbocycles. The van der Waals surface area contributed by atoms with Gasteiger partial charge in [-0.1, -0.05) is 48.5 Å². The van der Waals surface area contributed by atoms with Gasteiger partial charge in [0.05, 0.1) is 4.90 Å². The number of hydrogen-bond acceptors (Lipinski definition) is 3. The number of amides is 1. The summed E-state index contributed by atoms with van der Waals surface area (Å²) in [5, 5.41) is 2.78. The van der Waals surface area contributed by atoms with Crippen molar-refractivity contribution in [2.45, 2.75) is 17.4 Å². The molecule has 28 heavy (non-hydrogen) atoms. The Labute approximate surface area is 178 Å². The van der Waals surface area contributed by atoms with Crippen LogP contribution in [0.4, 0.5) is 5.69 Å². The number of carbonyl (C=O) groups is 1. The summed E-state index contributed by atoms with van der Waals surface area (Å²) in [6, 6.07) is 23.8. The molecular formula is C21H19IN2O3S. The van der Waals surface area contributed by atoms with Gasteiger partial charge >= 0.3 is 0 Å². The number of para-hydroxylation sites is 1. The topological polar surface area (TPSA) is 75.3 Å². The lowest BCUT2D eigenvalue weighted by atomic mass is 10.1. The molecule has 5 nitrogen and oxygen atoms in total. The van der Waals surface area contributed by atoms with Crippen molar-refractivity contribution in [3.8, 4) is 0 Å². The molecule has 0 bridgehead atoms. The summed E-state index contributed by atoms with van der Waals surface area (Å²) in [5.41, 5.74) is 1.47. The summed E-state index contributed by atoms with van der Waals surface area (Å²) in [7, 11) is -3.85. The van der Waals surface area contributed by atoms with Gasteiger partial charge in [0.2, 0.25) is 15.9 Å². The van der Waals surface area contributed by atoms with E-state index in [1.807, 2.05) is 36.4 Å². The number of anilines is 1. The lowest BCUT2D eigenvalue weighted by Gasteiger charge is -2.19. The number of carbonyl (C=O) groups excluding carboxylic acids is 1. The predicted molar refractivity (Wildman–Crippen MR) is 118 cm³/mol. The van der Waals surface area contributed by atoms with Crippen molar-refractivity contribution in [1.29, 1.82) is 0 Å². The van der Waals surface area contributed by atoms with Gasteiger partial charge in [0.15, 0.2) is 0 Å². The molecule has 1 amide bonds. The first-order valence-electron chi connectivity index (χ1n) is 8.62. The minimum Gasteiger partial charge on any atom is -0.325 e. The van der Waals surface area contributed by atoms with Crippen LogP contribution in [0.1, 0.15) is 5.56 Å². The summed E-state index contributed by atoms with van der Waals surface area (Å²) >= 11 is 2.11. The Bertz CT molecular complexity index is 1020. The highest BCUT2D eigenvalue weighted by molar-refractivity contribution is 14.1. The first-order valence-corrected chi connectivity index (χ1v) is 11.2. The summed E-state index contributed by atoms with van der Waals surface area (Å²) in [6.45, 7) is 0. The monoisotopic (exact) mass is 506 g/mol. The third-order valence-electron chi connectivity index (χ3n) is 4.06. The van der Waals surface area contributed by atoms with Gasteiger partial charge < -0.3 is 5.32 Å². The van der Waals surface area contributed by atoms with Crippen LogP contribution in [-0.4, -0.2) is 20.4 Å². The first kappa shape index (κ1) is 20.5. The highest BCUT2D eigenvalue weighted by Gasteiger charge is 2.26. The molecule has 0 fully saturated rings. The quantitative estimate of drug-likeness (QED) is 0.479. The van der Waals surface area contributed by atoms with E-state index in [4.69, 9.17) is 0 Å². The second-order valence-electron chi connectivity index (χ2n) is 6.17. The number of benzene rings is 3. The molecule has 1 atom stereocenters. The zero-order valence-corrected chi connectivity index (χ0v) is 17.9. The average molecular weight is 506 g/mol. The Balaban J connectivity index is 1.84. The smallest absolute Gasteiger partial charge is 0.242 e. The third-order valence-corrected chi connectivity index (χ3v) is 6.27. The van der Waals surface area contributed by atoms with Crippen LogP contribution in [0, 0.1) is 3.57 Å². The molecule has 0 heterocycles. The maximum Gasteiger partial charge on any atom is 0.242 e. The zero-order valence-electron chi connectivity index (χ0n) is 14.9. The normalized spacial score (nSPS) is 12.3. The Hall–Kier alpha value is -2.23. The van der Waals surface area contributed by atoms with Gasteiger partial charge in [0.25, 0.3) is 0 Å². The van der Waals surface area contributed by atoms with Crippen molar-refractivity contribution in [2.24, 2.45) is 0 Å². The molecule has 0 aliphatic heterocycles. The fourth-order valence-electron chi connectivity index (χ4n) is 2.66. The van der Waals surface area contributed by atoms with E-state index < -0.39 is 22.0 Å². The number of hydrogen-bond donors (Lipinski definition) is 2. The molecule has 3 aromatic rings. The number of nitrogens with one attached hydrogen (secondary N) is 2. The summed E-state index contributed by atoms with van der Waals surface area (Å²) in [4.78, 5) is 13.0. The van der Waals surface area contributed by atoms with E-state index in [9.17, 15) is 13.2 Å². The highest BCUT2D eigenvalue weighted by atomic mass is 127. The lowest BCUT2D eigenvalue weighted by Crippen LogP contribution is -2.45. The molecule has 3 aromatic carbocycles. The van der Waals surface area contributed by atoms with E-state index in [-0.39, 0.29) is 11.3 Å². The van der Waals surface area contributed by atoms with Crippen molar-refractivity contribution >= 4 is 44.2 Å². The van der Waals surface area contributed by atoms with Crippen LogP contribution in [0.5, 0.6) is 0 Å². The van der Waals surface area contributed by atoms with Crippen LogP contribution in [0.2, 0.25) is 0 Å². The molecule has 0 saturated heterocycles. The summed E-state index contributed by atoms with van der Waals surface area (Å²) in [6.07, 6.45) is 0.239. The van der Waals surface area contributed by atoms with E-state index in [0.29, 0.717) is 5.69 Å². The van der Waals surface area contributed by atoms with Crippen LogP contribution in [0.15, 0.2) is 89.8 Å². The van der Waals surface area contributed by atoms with E-state index in [0.717, 1.165) is 9.13 Å². The van der Waals surface area contributed by atoms with E-state index >= 15 is 0 Å². The van der Waals surface area contributed by atoms with Gasteiger partial charge in [-0.2, -0.15) is 4.72 Å². The molecule has 144 valence electrons. The van der Waals surface area contributed by atoms with Crippen molar-refractivity contribution in [3.63, 3.8) is 0 Å². The third kappa shape index (κ3) is 5.63. The molecule has 0 aromatic heterocycles. The molecular weight excluding hydrogens is 487 g/mol. The molecule has 7 heteroatoms. The Morgan fingerprint density at radius 1 is 0.857 bits per heavy atom. The molecule has 0 spiro atoms. The second kappa shape index (κ2) is 9.31. The Morgan fingerprint density at radius 3 is 2.04 bits per heavy atom. The minimum absolute atomic E-state index is 0.124. The largest absolute Gasteiger partial charge is 0.325 e. The molecule has 2 N–H and O–H groups in total. The van der Waals surface area contributed by atoms with Gasteiger partial charge in [-0.05, 0) is 71.0 Å². The maximum absolute atomic E-state index is 12.8. The second-order valence-corrected chi connectivity index (χ2v) is 9.13. The van der Waals surface area contributed by atoms with Crippen molar-refractivity contribution < 1.29 is 13.2 Å². The lowest BCUT2D eigenvalue weighted by molar-refractivity contribution is -0.117. The van der Waals surface area contributed by atoms with Crippen LogP contribution < -0.4 is 10.0 Å². The van der Waals surface area contributed by atoms with E-state index in [1.165, 1.54) is 12.1 Å². The fourth-order valence-corrected chi connectivity index (χ4v) is 4.21. The molecule has 3 rings (SSSR count). The summed E-state index contributed by atoms with van der Waals surface area (Å²) in [5.74, 6) is -0.413. The van der Waals surface area contributed by atoms with Gasteiger partial charge in [0.1, 0.15) is 6.04 Å². The molecule has 0 aliphatic carbocycles. The van der Waals surface area contributed by atoms with Crippen LogP contribution in [0.3, 0.4) is 0 Å². The predicted octanol–water partition coefficient (Wildman–Crippen LogP) is 3.82. The van der Waals surface area contributed by atoms with Crippen LogP contribution >= 0.6 is 22.6 Å². The molecule has 0 aliphatic rings. The van der Waals surface area contributed by atoms with Crippen LogP contribution in [0.25, 0.3) is 0 Å². The van der Waals surface area contributed by atoms with Gasteiger partial charge in [0, 0.05) is 9.26 Å². The van der Waals surface area contributed by atoms with Gasteiger partial charge in [-0.15, -0.1) is 0 Å². The maximum atomic E-state index is 12.8. The Kier molecular flexibility index (Phi) is 6.82. The highest BCUT2D eigenvalue weighted by Crippen LogP contribution is 2.15. The van der Waals surface area contributed by atoms with Crippen molar-refractivity contribution in [2.75, 3.05) is 5.32 Å². The fraction of sp³-hybridized carbons (Fsp3) is 0.0952. The number of halogens is 1. The van der Waals surface area contributed by atoms with Crippen molar-refractivity contribution in [1.82, 2.24) is 4.72 Å². The van der Waals surface area contributed by atoms with Crippen molar-refractivity contribution in [3.05, 3.63) is 94.1 Å². The van der Waals surface area contributed by atoms with Gasteiger partial charge in [-0.25, -0.2) is 8.42 Å². The number of rotatable bonds is 7. The standard InChI is InChI=1S/C21H19IN2O3S/c22-17-11-13-19(14-12-17)28(26,27)24-20(15-16-7-3-1-4-8-16)21(25)23-18-9-5-2-6-10-18/h1-14,20,24H,15H2,(H,23,25)/t20-/m1/s1. The van der Waals surface area contributed by atoms with Gasteiger partial charge in [-0.3, -0.25) is 4.79 Å². The first-order chi connectivity index (χ1) is 13.4. The number of sulfonamides is 1. The molecule has 0 unspecified atom stereocenters. The van der Waals surface area contributed by atoms with E-state index in [2.05, 4.69) is 32.6 Å².